The summed E-state index contributed by atoms with van der Waals surface area (Å²) >= 11 is 0. The minimum atomic E-state index is 0.353. The van der Waals surface area contributed by atoms with Crippen molar-refractivity contribution in [2.45, 2.75) is 0 Å². The fourth-order valence-electron chi connectivity index (χ4n) is 1.52. The lowest BCUT2D eigenvalue weighted by Crippen LogP contribution is -1.95. The highest BCUT2D eigenvalue weighted by molar-refractivity contribution is 5.94. The van der Waals surface area contributed by atoms with E-state index in [2.05, 4.69) is 11.9 Å². The first kappa shape index (κ1) is 9.29. The van der Waals surface area contributed by atoms with Crippen LogP contribution >= 0.6 is 0 Å². The summed E-state index contributed by atoms with van der Waals surface area (Å²) < 4.78 is 0. The Morgan fingerprint density at radius 2 is 1.87 bits per heavy atom. The molecule has 0 fully saturated rings. The van der Waals surface area contributed by atoms with Crippen molar-refractivity contribution in [3.8, 4) is 6.07 Å². The van der Waals surface area contributed by atoms with Gasteiger partial charge in [-0.3, -0.25) is 0 Å². The Bertz CT molecular complexity index is 544. The number of anilines is 1. The molecule has 0 aromatic heterocycles. The van der Waals surface area contributed by atoms with Crippen molar-refractivity contribution in [3.63, 3.8) is 0 Å². The largest absolute Gasteiger partial charge is 0.347 e. The maximum atomic E-state index is 8.66. The molecule has 2 rings (SSSR count). The zero-order chi connectivity index (χ0) is 10.7. The molecule has 0 saturated heterocycles. The van der Waals surface area contributed by atoms with Gasteiger partial charge >= 0.3 is 0 Å². The van der Waals surface area contributed by atoms with Crippen molar-refractivity contribution in [3.05, 3.63) is 54.7 Å². The summed E-state index contributed by atoms with van der Waals surface area (Å²) in [6, 6.07) is 15.9. The standard InChI is InChI=1S/C13H10N2/c1-10(9-14)15-13-8-4-6-11-5-2-3-7-12(11)13/h2-8,15H,1H2. The van der Waals surface area contributed by atoms with Crippen molar-refractivity contribution in [2.24, 2.45) is 0 Å². The van der Waals surface area contributed by atoms with Crippen LogP contribution < -0.4 is 5.32 Å². The van der Waals surface area contributed by atoms with Crippen LogP contribution in [-0.4, -0.2) is 0 Å². The predicted octanol–water partition coefficient (Wildman–Crippen LogP) is 3.29. The van der Waals surface area contributed by atoms with E-state index in [0.29, 0.717) is 5.70 Å². The average Bonchev–Trinajstić information content (AvgIpc) is 2.29. The van der Waals surface area contributed by atoms with Crippen LogP contribution in [0.4, 0.5) is 5.69 Å². The topological polar surface area (TPSA) is 35.8 Å². The van der Waals surface area contributed by atoms with Crippen LogP contribution in [0, 0.1) is 11.3 Å². The van der Waals surface area contributed by atoms with Gasteiger partial charge in [0.05, 0.1) is 0 Å². The van der Waals surface area contributed by atoms with Crippen LogP contribution in [0.2, 0.25) is 0 Å². The lowest BCUT2D eigenvalue weighted by Gasteiger charge is -2.07. The molecule has 0 aliphatic carbocycles. The van der Waals surface area contributed by atoms with Crippen molar-refractivity contribution < 1.29 is 0 Å². The third-order valence-electron chi connectivity index (χ3n) is 2.21. The van der Waals surface area contributed by atoms with Crippen LogP contribution in [-0.2, 0) is 0 Å². The summed E-state index contributed by atoms with van der Waals surface area (Å²) in [5.41, 5.74) is 1.27. The van der Waals surface area contributed by atoms with Gasteiger partial charge in [0.15, 0.2) is 0 Å². The second kappa shape index (κ2) is 3.85. The van der Waals surface area contributed by atoms with E-state index >= 15 is 0 Å². The average molecular weight is 194 g/mol. The number of nitriles is 1. The highest BCUT2D eigenvalue weighted by Gasteiger charge is 1.99. The molecule has 2 aromatic rings. The molecule has 0 spiro atoms. The quantitative estimate of drug-likeness (QED) is 0.744. The van der Waals surface area contributed by atoms with Gasteiger partial charge < -0.3 is 5.32 Å². The van der Waals surface area contributed by atoms with Crippen LogP contribution in [0.15, 0.2) is 54.7 Å². The van der Waals surface area contributed by atoms with Crippen molar-refractivity contribution in [1.29, 1.82) is 5.26 Å². The van der Waals surface area contributed by atoms with Gasteiger partial charge in [0, 0.05) is 11.1 Å². The Labute approximate surface area is 88.5 Å². The molecule has 0 aliphatic heterocycles. The molecule has 0 atom stereocenters. The zero-order valence-electron chi connectivity index (χ0n) is 8.20. The fraction of sp³-hybridized carbons (Fsp3) is 0. The molecule has 0 radical (unpaired) electrons. The Morgan fingerprint density at radius 3 is 2.67 bits per heavy atom. The molecule has 15 heavy (non-hydrogen) atoms. The van der Waals surface area contributed by atoms with Crippen LogP contribution in [0.1, 0.15) is 0 Å². The van der Waals surface area contributed by atoms with Gasteiger partial charge in [0.1, 0.15) is 11.8 Å². The number of fused-ring (bicyclic) bond motifs is 1. The zero-order valence-corrected chi connectivity index (χ0v) is 8.20. The highest BCUT2D eigenvalue weighted by Crippen LogP contribution is 2.23. The number of rotatable bonds is 2. The molecule has 2 aromatic carbocycles. The molecule has 0 unspecified atom stereocenters. The molecule has 0 heterocycles. The fourth-order valence-corrected chi connectivity index (χ4v) is 1.52. The van der Waals surface area contributed by atoms with E-state index in [0.717, 1.165) is 16.5 Å². The maximum Gasteiger partial charge on any atom is 0.117 e. The van der Waals surface area contributed by atoms with Crippen molar-refractivity contribution in [1.82, 2.24) is 0 Å². The van der Waals surface area contributed by atoms with E-state index in [1.807, 2.05) is 48.5 Å². The Balaban J connectivity index is 2.52. The van der Waals surface area contributed by atoms with Gasteiger partial charge in [-0.25, -0.2) is 0 Å². The van der Waals surface area contributed by atoms with E-state index in [1.165, 1.54) is 0 Å². The van der Waals surface area contributed by atoms with E-state index in [-0.39, 0.29) is 0 Å². The summed E-state index contributed by atoms with van der Waals surface area (Å²) in [6.07, 6.45) is 0. The number of hydrogen-bond acceptors (Lipinski definition) is 2. The van der Waals surface area contributed by atoms with E-state index in [4.69, 9.17) is 5.26 Å². The second-order valence-electron chi connectivity index (χ2n) is 3.24. The Morgan fingerprint density at radius 1 is 1.13 bits per heavy atom. The van der Waals surface area contributed by atoms with Gasteiger partial charge in [0.25, 0.3) is 0 Å². The lowest BCUT2D eigenvalue weighted by molar-refractivity contribution is 1.45. The first-order valence-electron chi connectivity index (χ1n) is 4.65. The molecule has 0 bridgehead atoms. The predicted molar refractivity (Wildman–Crippen MR) is 62.3 cm³/mol. The summed E-state index contributed by atoms with van der Waals surface area (Å²) in [5, 5.41) is 13.9. The molecule has 2 heteroatoms. The van der Waals surface area contributed by atoms with E-state index < -0.39 is 0 Å². The van der Waals surface area contributed by atoms with Crippen molar-refractivity contribution >= 4 is 16.5 Å². The smallest absolute Gasteiger partial charge is 0.117 e. The summed E-state index contributed by atoms with van der Waals surface area (Å²) in [6.45, 7) is 3.60. The van der Waals surface area contributed by atoms with Gasteiger partial charge in [-0.15, -0.1) is 0 Å². The molecule has 0 aliphatic rings. The molecular weight excluding hydrogens is 184 g/mol. The van der Waals surface area contributed by atoms with Gasteiger partial charge in [-0.2, -0.15) is 5.26 Å². The minimum absolute atomic E-state index is 0.353. The number of nitrogens with one attached hydrogen (secondary N) is 1. The maximum absolute atomic E-state index is 8.66. The molecule has 0 amide bonds. The first-order chi connectivity index (χ1) is 7.31. The molecule has 72 valence electrons. The number of hydrogen-bond donors (Lipinski definition) is 1. The summed E-state index contributed by atoms with van der Waals surface area (Å²) in [7, 11) is 0. The summed E-state index contributed by atoms with van der Waals surface area (Å²) in [4.78, 5) is 0. The second-order valence-corrected chi connectivity index (χ2v) is 3.24. The third-order valence-corrected chi connectivity index (χ3v) is 2.21. The van der Waals surface area contributed by atoms with E-state index in [1.54, 1.807) is 0 Å². The van der Waals surface area contributed by atoms with Gasteiger partial charge in [-0.05, 0) is 11.5 Å². The van der Waals surface area contributed by atoms with Gasteiger partial charge in [0.2, 0.25) is 0 Å². The molecule has 1 N–H and O–H groups in total. The minimum Gasteiger partial charge on any atom is -0.347 e. The summed E-state index contributed by atoms with van der Waals surface area (Å²) in [5.74, 6) is 0. The van der Waals surface area contributed by atoms with Crippen LogP contribution in [0.3, 0.4) is 0 Å². The first-order valence-corrected chi connectivity index (χ1v) is 4.65. The van der Waals surface area contributed by atoms with E-state index in [9.17, 15) is 0 Å². The lowest BCUT2D eigenvalue weighted by atomic mass is 10.1. The number of allylic oxidation sites excluding steroid dienone is 1. The van der Waals surface area contributed by atoms with Crippen molar-refractivity contribution in [2.75, 3.05) is 5.32 Å². The normalized spacial score (nSPS) is 9.53. The Hall–Kier alpha value is -2.27. The van der Waals surface area contributed by atoms with Crippen LogP contribution in [0.25, 0.3) is 10.8 Å². The Kier molecular flexibility index (Phi) is 2.38. The molecule has 0 saturated carbocycles. The number of benzene rings is 2. The molecular formula is C13H10N2. The monoisotopic (exact) mass is 194 g/mol. The molecule has 2 nitrogen and oxygen atoms in total. The van der Waals surface area contributed by atoms with Gasteiger partial charge in [-0.1, -0.05) is 43.0 Å². The highest BCUT2D eigenvalue weighted by atomic mass is 14.9. The number of nitrogens with zero attached hydrogens (tertiary/aromatic N) is 1. The SMILES string of the molecule is C=C(C#N)Nc1cccc2ccccc12. The van der Waals surface area contributed by atoms with Crippen LogP contribution in [0.5, 0.6) is 0 Å². The third kappa shape index (κ3) is 1.82.